The fraction of sp³-hybridized carbons (Fsp3) is 0.118. The van der Waals surface area contributed by atoms with Crippen LogP contribution < -0.4 is 15.5 Å². The summed E-state index contributed by atoms with van der Waals surface area (Å²) in [6.45, 7) is 1.44. The minimum atomic E-state index is -0.304. The number of hydrogen-bond acceptors (Lipinski definition) is 4. The van der Waals surface area contributed by atoms with Crippen LogP contribution >= 0.6 is 11.3 Å². The maximum absolute atomic E-state index is 12.2. The maximum atomic E-state index is 12.2. The van der Waals surface area contributed by atoms with Crippen molar-refractivity contribution in [3.63, 3.8) is 0 Å². The molecule has 2 amide bonds. The zero-order valence-electron chi connectivity index (χ0n) is 13.2. The highest BCUT2D eigenvalue weighted by Gasteiger charge is 2.06. The number of nitrogens with zero attached hydrogens (tertiary/aromatic N) is 2. The van der Waals surface area contributed by atoms with Gasteiger partial charge in [0.25, 0.3) is 5.91 Å². The van der Waals surface area contributed by atoms with Gasteiger partial charge in [-0.2, -0.15) is 0 Å². The molecule has 3 aromatic rings. The number of aryl methyl sites for hydroxylation is 1. The first-order valence-electron chi connectivity index (χ1n) is 7.31. The van der Waals surface area contributed by atoms with Crippen LogP contribution in [0.4, 0.5) is 5.69 Å². The van der Waals surface area contributed by atoms with Gasteiger partial charge in [-0.1, -0.05) is 23.5 Å². The standard InChI is InChI=1S/C17H16N4O2S/c1-11(22)18-13-9-7-12(8-10-13)16(23)19-20-17-21(2)14-5-3-4-6-15(14)24-17/h3-10H,1-2H3,(H,18,22)(H,19,23)/b20-17-. The van der Waals surface area contributed by atoms with Crippen LogP contribution in [0.1, 0.15) is 17.3 Å². The van der Waals surface area contributed by atoms with Gasteiger partial charge in [0.05, 0.1) is 10.2 Å². The number of benzene rings is 2. The summed E-state index contributed by atoms with van der Waals surface area (Å²) < 4.78 is 3.04. The Bertz CT molecular complexity index is 970. The Morgan fingerprint density at radius 2 is 1.79 bits per heavy atom. The third-order valence-corrected chi connectivity index (χ3v) is 4.55. The van der Waals surface area contributed by atoms with Crippen LogP contribution in [-0.2, 0) is 11.8 Å². The summed E-state index contributed by atoms with van der Waals surface area (Å²) >= 11 is 1.50. The van der Waals surface area contributed by atoms with Gasteiger partial charge in [-0.05, 0) is 36.4 Å². The second kappa shape index (κ2) is 6.67. The topological polar surface area (TPSA) is 75.5 Å². The number of hydrogen-bond donors (Lipinski definition) is 2. The van der Waals surface area contributed by atoms with Gasteiger partial charge in [0.2, 0.25) is 10.7 Å². The Hall–Kier alpha value is -2.93. The number of fused-ring (bicyclic) bond motifs is 1. The lowest BCUT2D eigenvalue weighted by Gasteiger charge is -2.03. The third kappa shape index (κ3) is 3.36. The molecule has 2 N–H and O–H groups in total. The molecule has 0 fully saturated rings. The predicted octanol–water partition coefficient (Wildman–Crippen LogP) is 2.44. The summed E-state index contributed by atoms with van der Waals surface area (Å²) in [4.78, 5) is 23.9. The summed E-state index contributed by atoms with van der Waals surface area (Å²) in [5.41, 5.74) is 4.74. The monoisotopic (exact) mass is 340 g/mol. The first-order valence-corrected chi connectivity index (χ1v) is 8.12. The van der Waals surface area contributed by atoms with Gasteiger partial charge >= 0.3 is 0 Å². The van der Waals surface area contributed by atoms with Crippen molar-refractivity contribution in [2.45, 2.75) is 6.92 Å². The van der Waals surface area contributed by atoms with Gasteiger partial charge in [0, 0.05) is 25.2 Å². The van der Waals surface area contributed by atoms with Crippen LogP contribution in [0.25, 0.3) is 10.2 Å². The van der Waals surface area contributed by atoms with Crippen molar-refractivity contribution in [3.8, 4) is 0 Å². The lowest BCUT2D eigenvalue weighted by Crippen LogP contribution is -2.23. The Balaban J connectivity index is 1.79. The van der Waals surface area contributed by atoms with E-state index in [4.69, 9.17) is 0 Å². The van der Waals surface area contributed by atoms with Gasteiger partial charge in [0.15, 0.2) is 0 Å². The molecule has 0 radical (unpaired) electrons. The molecular weight excluding hydrogens is 324 g/mol. The first-order chi connectivity index (χ1) is 11.5. The lowest BCUT2D eigenvalue weighted by atomic mass is 10.2. The summed E-state index contributed by atoms with van der Waals surface area (Å²) in [6.07, 6.45) is 0. The number of amides is 2. The molecule has 24 heavy (non-hydrogen) atoms. The Labute approximate surface area is 142 Å². The fourth-order valence-corrected chi connectivity index (χ4v) is 3.24. The molecular formula is C17H16N4O2S. The second-order valence-corrected chi connectivity index (χ2v) is 6.23. The average molecular weight is 340 g/mol. The van der Waals surface area contributed by atoms with Crippen molar-refractivity contribution in [3.05, 3.63) is 58.9 Å². The van der Waals surface area contributed by atoms with E-state index in [0.29, 0.717) is 16.1 Å². The van der Waals surface area contributed by atoms with Crippen LogP contribution in [0, 0.1) is 0 Å². The molecule has 0 aliphatic heterocycles. The van der Waals surface area contributed by atoms with E-state index in [2.05, 4.69) is 15.8 Å². The van der Waals surface area contributed by atoms with Crippen LogP contribution in [0.2, 0.25) is 0 Å². The minimum Gasteiger partial charge on any atom is -0.326 e. The summed E-state index contributed by atoms with van der Waals surface area (Å²) in [6, 6.07) is 14.6. The molecule has 0 aliphatic carbocycles. The van der Waals surface area contributed by atoms with Crippen LogP contribution in [-0.4, -0.2) is 16.4 Å². The number of carbonyl (C=O) groups excluding carboxylic acids is 2. The van der Waals surface area contributed by atoms with E-state index in [-0.39, 0.29) is 11.8 Å². The molecule has 0 bridgehead atoms. The number of para-hydroxylation sites is 1. The molecule has 0 saturated heterocycles. The Kier molecular flexibility index (Phi) is 4.43. The summed E-state index contributed by atoms with van der Waals surface area (Å²) in [7, 11) is 1.91. The van der Waals surface area contributed by atoms with E-state index in [9.17, 15) is 9.59 Å². The van der Waals surface area contributed by atoms with Crippen LogP contribution in [0.3, 0.4) is 0 Å². The van der Waals surface area contributed by atoms with Gasteiger partial charge < -0.3 is 9.88 Å². The van der Waals surface area contributed by atoms with E-state index in [1.807, 2.05) is 35.9 Å². The van der Waals surface area contributed by atoms with Crippen molar-refractivity contribution in [1.82, 2.24) is 9.99 Å². The van der Waals surface area contributed by atoms with Crippen molar-refractivity contribution < 1.29 is 9.59 Å². The molecule has 6 nitrogen and oxygen atoms in total. The fourth-order valence-electron chi connectivity index (χ4n) is 2.26. The highest BCUT2D eigenvalue weighted by molar-refractivity contribution is 7.16. The molecule has 1 aromatic heterocycles. The lowest BCUT2D eigenvalue weighted by molar-refractivity contribution is -0.114. The zero-order chi connectivity index (χ0) is 17.1. The quantitative estimate of drug-likeness (QED) is 0.719. The highest BCUT2D eigenvalue weighted by Crippen LogP contribution is 2.15. The third-order valence-electron chi connectivity index (χ3n) is 3.44. The number of rotatable bonds is 3. The molecule has 2 aromatic carbocycles. The number of carbonyl (C=O) groups is 2. The molecule has 0 aliphatic rings. The molecule has 7 heteroatoms. The van der Waals surface area contributed by atoms with Gasteiger partial charge in [-0.15, -0.1) is 5.10 Å². The number of nitrogens with one attached hydrogen (secondary N) is 2. The summed E-state index contributed by atoms with van der Waals surface area (Å²) in [5, 5.41) is 6.86. The normalized spacial score (nSPS) is 11.5. The maximum Gasteiger partial charge on any atom is 0.271 e. The Morgan fingerprint density at radius 1 is 1.08 bits per heavy atom. The van der Waals surface area contributed by atoms with Crippen LogP contribution in [0.15, 0.2) is 53.6 Å². The van der Waals surface area contributed by atoms with Crippen LogP contribution in [0.5, 0.6) is 0 Å². The Morgan fingerprint density at radius 3 is 2.46 bits per heavy atom. The molecule has 0 atom stereocenters. The second-order valence-electron chi connectivity index (χ2n) is 5.22. The van der Waals surface area contributed by atoms with Crippen molar-refractivity contribution in [2.75, 3.05) is 5.32 Å². The number of aromatic nitrogens is 1. The molecule has 122 valence electrons. The van der Waals surface area contributed by atoms with E-state index in [1.54, 1.807) is 24.3 Å². The van der Waals surface area contributed by atoms with E-state index in [0.717, 1.165) is 10.2 Å². The van der Waals surface area contributed by atoms with Crippen molar-refractivity contribution in [2.24, 2.45) is 12.1 Å². The van der Waals surface area contributed by atoms with Crippen molar-refractivity contribution in [1.29, 1.82) is 0 Å². The van der Waals surface area contributed by atoms with Gasteiger partial charge in [-0.25, -0.2) is 5.43 Å². The number of anilines is 1. The van der Waals surface area contributed by atoms with E-state index < -0.39 is 0 Å². The van der Waals surface area contributed by atoms with Gasteiger partial charge in [-0.3, -0.25) is 9.59 Å². The van der Waals surface area contributed by atoms with E-state index >= 15 is 0 Å². The smallest absolute Gasteiger partial charge is 0.271 e. The zero-order valence-corrected chi connectivity index (χ0v) is 14.1. The van der Waals surface area contributed by atoms with Crippen molar-refractivity contribution >= 4 is 39.1 Å². The first kappa shape index (κ1) is 15.9. The summed E-state index contributed by atoms with van der Waals surface area (Å²) in [5.74, 6) is -0.457. The SMILES string of the molecule is CC(=O)Nc1ccc(C(=O)N/N=c2\sc3ccccc3n2C)cc1. The predicted molar refractivity (Wildman–Crippen MR) is 94.6 cm³/mol. The number of thiazole rings is 1. The molecule has 1 heterocycles. The largest absolute Gasteiger partial charge is 0.326 e. The average Bonchev–Trinajstić information content (AvgIpc) is 2.89. The highest BCUT2D eigenvalue weighted by atomic mass is 32.1. The van der Waals surface area contributed by atoms with Gasteiger partial charge in [0.1, 0.15) is 0 Å². The molecule has 3 rings (SSSR count). The van der Waals surface area contributed by atoms with E-state index in [1.165, 1.54) is 18.3 Å². The molecule has 0 unspecified atom stereocenters. The molecule has 0 saturated carbocycles. The minimum absolute atomic E-state index is 0.153. The molecule has 0 spiro atoms.